The van der Waals surface area contributed by atoms with Crippen LogP contribution in [0.1, 0.15) is 26.2 Å². The van der Waals surface area contributed by atoms with Crippen molar-refractivity contribution in [2.45, 2.75) is 26.2 Å². The Hall–Kier alpha value is -0.580. The van der Waals surface area contributed by atoms with Crippen molar-refractivity contribution in [1.82, 2.24) is 5.32 Å². The summed E-state index contributed by atoms with van der Waals surface area (Å²) in [5.74, 6) is 1.61. The van der Waals surface area contributed by atoms with E-state index in [0.717, 1.165) is 42.9 Å². The van der Waals surface area contributed by atoms with Gasteiger partial charge in [-0.2, -0.15) is 0 Å². The topological polar surface area (TPSA) is 30.5 Å². The summed E-state index contributed by atoms with van der Waals surface area (Å²) in [5, 5.41) is 3.44. The van der Waals surface area contributed by atoms with Crippen molar-refractivity contribution >= 4 is 15.9 Å². The molecule has 0 fully saturated rings. The van der Waals surface area contributed by atoms with Crippen LogP contribution in [0.15, 0.2) is 28.7 Å². The second kappa shape index (κ2) is 11.1. The van der Waals surface area contributed by atoms with Crippen molar-refractivity contribution in [2.75, 3.05) is 33.4 Å². The minimum atomic E-state index is 0.673. The summed E-state index contributed by atoms with van der Waals surface area (Å²) in [6, 6.07) is 8.00. The van der Waals surface area contributed by atoms with E-state index in [1.165, 1.54) is 12.8 Å². The van der Waals surface area contributed by atoms with Crippen molar-refractivity contribution in [2.24, 2.45) is 5.92 Å². The fraction of sp³-hybridized carbons (Fsp3) is 0.625. The standard InChI is InChI=1S/C16H26BrNO2/c1-3-4-14(13-18-10-12-19-2)9-11-20-16-7-5-15(17)6-8-16/h5-8,14,18H,3-4,9-13H2,1-2H3. The van der Waals surface area contributed by atoms with Gasteiger partial charge in [-0.1, -0.05) is 29.3 Å². The lowest BCUT2D eigenvalue weighted by molar-refractivity contribution is 0.195. The van der Waals surface area contributed by atoms with Gasteiger partial charge in [0.15, 0.2) is 0 Å². The number of hydrogen-bond acceptors (Lipinski definition) is 3. The first-order valence-corrected chi connectivity index (χ1v) is 8.13. The first kappa shape index (κ1) is 17.5. The highest BCUT2D eigenvalue weighted by atomic mass is 79.9. The summed E-state index contributed by atoms with van der Waals surface area (Å²) in [4.78, 5) is 0. The summed E-state index contributed by atoms with van der Waals surface area (Å²) >= 11 is 3.42. The Morgan fingerprint density at radius 1 is 1.15 bits per heavy atom. The molecule has 4 heteroatoms. The molecule has 1 aromatic rings. The summed E-state index contributed by atoms with van der Waals surface area (Å²) in [7, 11) is 1.73. The Morgan fingerprint density at radius 3 is 2.55 bits per heavy atom. The molecule has 114 valence electrons. The second-order valence-corrected chi connectivity index (χ2v) is 5.86. The maximum absolute atomic E-state index is 5.79. The van der Waals surface area contributed by atoms with Crippen molar-refractivity contribution in [1.29, 1.82) is 0 Å². The maximum Gasteiger partial charge on any atom is 0.119 e. The Labute approximate surface area is 131 Å². The molecule has 0 aliphatic carbocycles. The van der Waals surface area contributed by atoms with E-state index in [0.29, 0.717) is 5.92 Å². The molecule has 0 saturated heterocycles. The number of rotatable bonds is 11. The first-order valence-electron chi connectivity index (χ1n) is 7.34. The lowest BCUT2D eigenvalue weighted by Gasteiger charge is -2.17. The van der Waals surface area contributed by atoms with Crippen LogP contribution in [0.3, 0.4) is 0 Å². The Morgan fingerprint density at radius 2 is 1.90 bits per heavy atom. The van der Waals surface area contributed by atoms with E-state index in [9.17, 15) is 0 Å². The van der Waals surface area contributed by atoms with Crippen LogP contribution in [-0.4, -0.2) is 33.4 Å². The molecule has 1 rings (SSSR count). The van der Waals surface area contributed by atoms with Gasteiger partial charge in [-0.25, -0.2) is 0 Å². The SMILES string of the molecule is CCCC(CCOc1ccc(Br)cc1)CNCCOC. The van der Waals surface area contributed by atoms with E-state index in [1.54, 1.807) is 7.11 Å². The van der Waals surface area contributed by atoms with Crippen LogP contribution < -0.4 is 10.1 Å². The molecule has 0 amide bonds. The highest BCUT2D eigenvalue weighted by molar-refractivity contribution is 9.10. The molecule has 0 aliphatic rings. The molecule has 1 N–H and O–H groups in total. The molecule has 1 unspecified atom stereocenters. The van der Waals surface area contributed by atoms with E-state index in [1.807, 2.05) is 24.3 Å². The molecule has 0 aliphatic heterocycles. The fourth-order valence-electron chi connectivity index (χ4n) is 2.11. The zero-order valence-corrected chi connectivity index (χ0v) is 14.1. The predicted octanol–water partition coefficient (Wildman–Crippen LogP) is 3.87. The van der Waals surface area contributed by atoms with Crippen molar-refractivity contribution in [3.05, 3.63) is 28.7 Å². The van der Waals surface area contributed by atoms with Crippen LogP contribution in [-0.2, 0) is 4.74 Å². The lowest BCUT2D eigenvalue weighted by atomic mass is 10.0. The van der Waals surface area contributed by atoms with Crippen LogP contribution in [0.25, 0.3) is 0 Å². The fourth-order valence-corrected chi connectivity index (χ4v) is 2.38. The Bertz CT molecular complexity index is 343. The van der Waals surface area contributed by atoms with Crippen LogP contribution >= 0.6 is 15.9 Å². The van der Waals surface area contributed by atoms with Crippen molar-refractivity contribution in [3.63, 3.8) is 0 Å². The van der Waals surface area contributed by atoms with E-state index in [2.05, 4.69) is 28.2 Å². The smallest absolute Gasteiger partial charge is 0.119 e. The van der Waals surface area contributed by atoms with E-state index in [-0.39, 0.29) is 0 Å². The van der Waals surface area contributed by atoms with Gasteiger partial charge in [0.1, 0.15) is 5.75 Å². The molecule has 0 aromatic heterocycles. The Balaban J connectivity index is 2.22. The number of methoxy groups -OCH3 is 1. The van der Waals surface area contributed by atoms with Gasteiger partial charge >= 0.3 is 0 Å². The van der Waals surface area contributed by atoms with Crippen molar-refractivity contribution < 1.29 is 9.47 Å². The van der Waals surface area contributed by atoms with Crippen LogP contribution in [0, 0.1) is 5.92 Å². The molecule has 0 saturated carbocycles. The van der Waals surface area contributed by atoms with Gasteiger partial charge in [0.2, 0.25) is 0 Å². The third-order valence-electron chi connectivity index (χ3n) is 3.22. The largest absolute Gasteiger partial charge is 0.494 e. The monoisotopic (exact) mass is 343 g/mol. The Kier molecular flexibility index (Phi) is 9.71. The second-order valence-electron chi connectivity index (χ2n) is 4.94. The molecule has 20 heavy (non-hydrogen) atoms. The van der Waals surface area contributed by atoms with Gasteiger partial charge in [-0.15, -0.1) is 0 Å². The molecule has 0 radical (unpaired) electrons. The zero-order chi connectivity index (χ0) is 14.6. The molecular formula is C16H26BrNO2. The number of benzene rings is 1. The van der Waals surface area contributed by atoms with Gasteiger partial charge in [0, 0.05) is 18.1 Å². The van der Waals surface area contributed by atoms with Gasteiger partial charge in [0.05, 0.1) is 13.2 Å². The number of nitrogens with one attached hydrogen (secondary N) is 1. The molecular weight excluding hydrogens is 318 g/mol. The average molecular weight is 344 g/mol. The normalized spacial score (nSPS) is 12.3. The zero-order valence-electron chi connectivity index (χ0n) is 12.5. The molecule has 1 aromatic carbocycles. The van der Waals surface area contributed by atoms with Gasteiger partial charge in [0.25, 0.3) is 0 Å². The molecule has 1 atom stereocenters. The van der Waals surface area contributed by atoms with Crippen molar-refractivity contribution in [3.8, 4) is 5.75 Å². The third kappa shape index (κ3) is 7.88. The molecule has 0 spiro atoms. The minimum absolute atomic E-state index is 0.673. The van der Waals surface area contributed by atoms with Gasteiger partial charge < -0.3 is 14.8 Å². The summed E-state index contributed by atoms with van der Waals surface area (Å²) in [6.45, 7) is 5.75. The van der Waals surface area contributed by atoms with Gasteiger partial charge in [-0.3, -0.25) is 0 Å². The predicted molar refractivity (Wildman–Crippen MR) is 87.4 cm³/mol. The molecule has 0 heterocycles. The highest BCUT2D eigenvalue weighted by Crippen LogP contribution is 2.17. The third-order valence-corrected chi connectivity index (χ3v) is 3.75. The number of halogens is 1. The van der Waals surface area contributed by atoms with Crippen LogP contribution in [0.5, 0.6) is 5.75 Å². The molecule has 3 nitrogen and oxygen atoms in total. The van der Waals surface area contributed by atoms with E-state index >= 15 is 0 Å². The average Bonchev–Trinajstić information content (AvgIpc) is 2.45. The summed E-state index contributed by atoms with van der Waals surface area (Å²) in [5.41, 5.74) is 0. The number of ether oxygens (including phenoxy) is 2. The first-order chi connectivity index (χ1) is 9.76. The summed E-state index contributed by atoms with van der Waals surface area (Å²) in [6.07, 6.45) is 3.54. The maximum atomic E-state index is 5.79. The molecule has 0 bridgehead atoms. The minimum Gasteiger partial charge on any atom is -0.494 e. The lowest BCUT2D eigenvalue weighted by Crippen LogP contribution is -2.27. The van der Waals surface area contributed by atoms with Gasteiger partial charge in [-0.05, 0) is 49.6 Å². The number of hydrogen-bond donors (Lipinski definition) is 1. The summed E-state index contributed by atoms with van der Waals surface area (Å²) < 4.78 is 11.9. The quantitative estimate of drug-likeness (QED) is 0.618. The van der Waals surface area contributed by atoms with E-state index < -0.39 is 0 Å². The van der Waals surface area contributed by atoms with Crippen LogP contribution in [0.4, 0.5) is 0 Å². The highest BCUT2D eigenvalue weighted by Gasteiger charge is 2.07. The van der Waals surface area contributed by atoms with E-state index in [4.69, 9.17) is 9.47 Å². The van der Waals surface area contributed by atoms with Crippen LogP contribution in [0.2, 0.25) is 0 Å².